The standard InChI is InChI=1S/C24H24N6O/c1-19-9-6-7-13-23(19)30-17-21(15-25-30)16-28(2)24(31)22-18-29(27-26-22)14-8-12-20-10-4-3-5-11-20/h3-13,15,17-18H,14,16H2,1-2H3/b12-8+. The van der Waals surface area contributed by atoms with Gasteiger partial charge in [0.25, 0.3) is 5.91 Å². The number of hydrogen-bond donors (Lipinski definition) is 0. The summed E-state index contributed by atoms with van der Waals surface area (Å²) in [6, 6.07) is 18.1. The van der Waals surface area contributed by atoms with Crippen LogP contribution in [0.2, 0.25) is 0 Å². The highest BCUT2D eigenvalue weighted by Crippen LogP contribution is 2.14. The summed E-state index contributed by atoms with van der Waals surface area (Å²) in [5.41, 5.74) is 4.54. The second-order valence-electron chi connectivity index (χ2n) is 7.38. The third kappa shape index (κ3) is 4.95. The van der Waals surface area contributed by atoms with Gasteiger partial charge in [0.1, 0.15) is 0 Å². The lowest BCUT2D eigenvalue weighted by Crippen LogP contribution is -2.26. The molecule has 2 aromatic carbocycles. The van der Waals surface area contributed by atoms with E-state index in [0.717, 1.165) is 22.4 Å². The first-order valence-electron chi connectivity index (χ1n) is 10.1. The number of aryl methyl sites for hydroxylation is 1. The quantitative estimate of drug-likeness (QED) is 0.464. The van der Waals surface area contributed by atoms with Gasteiger partial charge in [0, 0.05) is 25.4 Å². The van der Waals surface area contributed by atoms with Crippen molar-refractivity contribution in [2.45, 2.75) is 20.0 Å². The molecule has 0 radical (unpaired) electrons. The molecule has 0 saturated carbocycles. The molecule has 7 nitrogen and oxygen atoms in total. The average molecular weight is 412 g/mol. The Kier molecular flexibility index (Phi) is 6.03. The van der Waals surface area contributed by atoms with Gasteiger partial charge in [0.15, 0.2) is 5.69 Å². The van der Waals surface area contributed by atoms with E-state index in [9.17, 15) is 4.79 Å². The maximum Gasteiger partial charge on any atom is 0.276 e. The molecule has 2 heterocycles. The van der Waals surface area contributed by atoms with Gasteiger partial charge in [-0.1, -0.05) is 65.9 Å². The lowest BCUT2D eigenvalue weighted by atomic mass is 10.2. The highest BCUT2D eigenvalue weighted by molar-refractivity contribution is 5.91. The Balaban J connectivity index is 1.37. The Labute approximate surface area is 181 Å². The first kappa shape index (κ1) is 20.3. The molecule has 0 fully saturated rings. The van der Waals surface area contributed by atoms with Gasteiger partial charge in [-0.05, 0) is 24.1 Å². The Bertz CT molecular complexity index is 1190. The minimum atomic E-state index is -0.179. The number of allylic oxidation sites excluding steroid dienone is 1. The normalized spacial score (nSPS) is 11.2. The van der Waals surface area contributed by atoms with Crippen LogP contribution in [-0.2, 0) is 13.1 Å². The van der Waals surface area contributed by atoms with Crippen molar-refractivity contribution in [2.24, 2.45) is 0 Å². The van der Waals surface area contributed by atoms with E-state index < -0.39 is 0 Å². The second-order valence-corrected chi connectivity index (χ2v) is 7.38. The summed E-state index contributed by atoms with van der Waals surface area (Å²) in [4.78, 5) is 14.4. The van der Waals surface area contributed by atoms with E-state index >= 15 is 0 Å². The lowest BCUT2D eigenvalue weighted by molar-refractivity contribution is 0.0779. The van der Waals surface area contributed by atoms with Crippen LogP contribution >= 0.6 is 0 Å². The van der Waals surface area contributed by atoms with E-state index in [1.165, 1.54) is 0 Å². The van der Waals surface area contributed by atoms with Gasteiger partial charge in [-0.3, -0.25) is 4.79 Å². The van der Waals surface area contributed by atoms with Crippen LogP contribution < -0.4 is 0 Å². The van der Waals surface area contributed by atoms with Crippen molar-refractivity contribution in [3.63, 3.8) is 0 Å². The molecule has 0 bridgehead atoms. The van der Waals surface area contributed by atoms with Crippen LogP contribution in [0.15, 0.2) is 79.3 Å². The number of rotatable bonds is 7. The predicted octanol–water partition coefficient (Wildman–Crippen LogP) is 3.76. The zero-order valence-corrected chi connectivity index (χ0v) is 17.6. The predicted molar refractivity (Wildman–Crippen MR) is 120 cm³/mol. The number of amides is 1. The van der Waals surface area contributed by atoms with Crippen LogP contribution in [0.25, 0.3) is 11.8 Å². The fraction of sp³-hybridized carbons (Fsp3) is 0.167. The SMILES string of the molecule is Cc1ccccc1-n1cc(CN(C)C(=O)c2cn(C/C=C/c3ccccc3)nn2)cn1. The molecule has 0 atom stereocenters. The third-order valence-corrected chi connectivity index (χ3v) is 4.92. The molecule has 1 amide bonds. The smallest absolute Gasteiger partial charge is 0.276 e. The van der Waals surface area contributed by atoms with Gasteiger partial charge in [-0.25, -0.2) is 9.36 Å². The first-order valence-corrected chi connectivity index (χ1v) is 10.1. The monoisotopic (exact) mass is 412 g/mol. The van der Waals surface area contributed by atoms with E-state index in [1.807, 2.05) is 84.6 Å². The van der Waals surface area contributed by atoms with Crippen LogP contribution in [0.4, 0.5) is 0 Å². The molecular formula is C24H24N6O. The largest absolute Gasteiger partial charge is 0.336 e. The summed E-state index contributed by atoms with van der Waals surface area (Å²) in [7, 11) is 1.75. The Hall–Kier alpha value is -4.00. The number of benzene rings is 2. The number of carbonyl (C=O) groups is 1. The number of hydrogen-bond acceptors (Lipinski definition) is 4. The molecule has 0 aliphatic rings. The average Bonchev–Trinajstić information content (AvgIpc) is 3.44. The minimum Gasteiger partial charge on any atom is -0.336 e. The maximum absolute atomic E-state index is 12.8. The zero-order chi connectivity index (χ0) is 21.6. The molecule has 2 aromatic heterocycles. The lowest BCUT2D eigenvalue weighted by Gasteiger charge is -2.14. The molecule has 0 saturated heterocycles. The van der Waals surface area contributed by atoms with E-state index in [-0.39, 0.29) is 5.91 Å². The molecule has 0 unspecified atom stereocenters. The van der Waals surface area contributed by atoms with Crippen molar-refractivity contribution in [1.29, 1.82) is 0 Å². The van der Waals surface area contributed by atoms with Crippen molar-refractivity contribution in [1.82, 2.24) is 29.7 Å². The van der Waals surface area contributed by atoms with Crippen molar-refractivity contribution >= 4 is 12.0 Å². The van der Waals surface area contributed by atoms with Gasteiger partial charge in [0.2, 0.25) is 0 Å². The van der Waals surface area contributed by atoms with Crippen LogP contribution in [0.1, 0.15) is 27.2 Å². The zero-order valence-electron chi connectivity index (χ0n) is 17.6. The number of para-hydroxylation sites is 1. The molecule has 0 N–H and O–H groups in total. The molecule has 7 heteroatoms. The number of nitrogens with zero attached hydrogens (tertiary/aromatic N) is 6. The highest BCUT2D eigenvalue weighted by atomic mass is 16.2. The van der Waals surface area contributed by atoms with Crippen molar-refractivity contribution in [3.8, 4) is 5.69 Å². The van der Waals surface area contributed by atoms with Gasteiger partial charge < -0.3 is 4.90 Å². The summed E-state index contributed by atoms with van der Waals surface area (Å²) in [5, 5.41) is 12.5. The Morgan fingerprint density at radius 2 is 1.84 bits per heavy atom. The van der Waals surface area contributed by atoms with Crippen molar-refractivity contribution in [2.75, 3.05) is 7.05 Å². The fourth-order valence-corrected chi connectivity index (χ4v) is 3.28. The minimum absolute atomic E-state index is 0.179. The van der Waals surface area contributed by atoms with Gasteiger partial charge in [-0.15, -0.1) is 5.10 Å². The molecule has 156 valence electrons. The number of carbonyl (C=O) groups excluding carboxylic acids is 1. The summed E-state index contributed by atoms with van der Waals surface area (Å²) >= 11 is 0. The van der Waals surface area contributed by atoms with Crippen LogP contribution in [0.3, 0.4) is 0 Å². The maximum atomic E-state index is 12.8. The molecule has 31 heavy (non-hydrogen) atoms. The van der Waals surface area contributed by atoms with Crippen LogP contribution in [0, 0.1) is 6.92 Å². The summed E-state index contributed by atoms with van der Waals surface area (Å²) in [5.74, 6) is -0.179. The third-order valence-electron chi connectivity index (χ3n) is 4.92. The number of aromatic nitrogens is 5. The molecule has 4 rings (SSSR count). The van der Waals surface area contributed by atoms with Gasteiger partial charge in [-0.2, -0.15) is 5.10 Å². The van der Waals surface area contributed by atoms with Gasteiger partial charge in [0.05, 0.1) is 24.6 Å². The first-order chi connectivity index (χ1) is 15.1. The molecular weight excluding hydrogens is 388 g/mol. The van der Waals surface area contributed by atoms with E-state index in [2.05, 4.69) is 15.4 Å². The summed E-state index contributed by atoms with van der Waals surface area (Å²) < 4.78 is 3.48. The molecule has 0 aliphatic heterocycles. The molecule has 0 spiro atoms. The highest BCUT2D eigenvalue weighted by Gasteiger charge is 2.17. The van der Waals surface area contributed by atoms with Crippen molar-refractivity contribution in [3.05, 3.63) is 102 Å². The van der Waals surface area contributed by atoms with E-state index in [4.69, 9.17) is 0 Å². The van der Waals surface area contributed by atoms with Crippen LogP contribution in [-0.4, -0.2) is 42.6 Å². The molecule has 4 aromatic rings. The Morgan fingerprint density at radius 1 is 1.06 bits per heavy atom. The molecule has 0 aliphatic carbocycles. The van der Waals surface area contributed by atoms with Crippen molar-refractivity contribution < 1.29 is 4.79 Å². The summed E-state index contributed by atoms with van der Waals surface area (Å²) in [6.07, 6.45) is 9.40. The Morgan fingerprint density at radius 3 is 2.65 bits per heavy atom. The van der Waals surface area contributed by atoms with E-state index in [0.29, 0.717) is 18.8 Å². The van der Waals surface area contributed by atoms with E-state index in [1.54, 1.807) is 29.0 Å². The summed E-state index contributed by atoms with van der Waals surface area (Å²) in [6.45, 7) is 3.03. The fourth-order valence-electron chi connectivity index (χ4n) is 3.28. The van der Waals surface area contributed by atoms with Gasteiger partial charge >= 0.3 is 0 Å². The topological polar surface area (TPSA) is 68.8 Å². The van der Waals surface area contributed by atoms with Crippen LogP contribution in [0.5, 0.6) is 0 Å². The second kappa shape index (κ2) is 9.21.